The van der Waals surface area contributed by atoms with E-state index >= 15 is 0 Å². The van der Waals surface area contributed by atoms with Crippen LogP contribution in [0.3, 0.4) is 0 Å². The largest absolute Gasteiger partial charge is 0.376 e. The van der Waals surface area contributed by atoms with E-state index in [1.807, 2.05) is 6.07 Å². The molecule has 6 heteroatoms. The van der Waals surface area contributed by atoms with E-state index in [2.05, 4.69) is 44.9 Å². The van der Waals surface area contributed by atoms with Gasteiger partial charge < -0.3 is 15.4 Å². The molecular formula is C19H24N4O2. The van der Waals surface area contributed by atoms with Crippen LogP contribution in [0.2, 0.25) is 0 Å². The van der Waals surface area contributed by atoms with Crippen molar-refractivity contribution in [3.63, 3.8) is 0 Å². The minimum Gasteiger partial charge on any atom is -0.376 e. The predicted molar refractivity (Wildman–Crippen MR) is 96.6 cm³/mol. The lowest BCUT2D eigenvalue weighted by molar-refractivity contribution is 0.0853. The highest BCUT2D eigenvalue weighted by Gasteiger charge is 2.17. The topological polar surface area (TPSA) is 76.1 Å². The third kappa shape index (κ3) is 5.53. The van der Waals surface area contributed by atoms with Gasteiger partial charge in [-0.3, -0.25) is 4.79 Å². The zero-order valence-electron chi connectivity index (χ0n) is 14.3. The van der Waals surface area contributed by atoms with Gasteiger partial charge in [0.15, 0.2) is 0 Å². The molecule has 0 spiro atoms. The second-order valence-corrected chi connectivity index (χ2v) is 6.15. The van der Waals surface area contributed by atoms with Crippen LogP contribution in [-0.2, 0) is 11.2 Å². The van der Waals surface area contributed by atoms with Gasteiger partial charge in [0.05, 0.1) is 18.5 Å². The molecule has 1 amide bonds. The van der Waals surface area contributed by atoms with E-state index in [-0.39, 0.29) is 12.0 Å². The lowest BCUT2D eigenvalue weighted by Crippen LogP contribution is -2.32. The summed E-state index contributed by atoms with van der Waals surface area (Å²) in [4.78, 5) is 20.5. The first-order chi connectivity index (χ1) is 12.3. The van der Waals surface area contributed by atoms with Gasteiger partial charge >= 0.3 is 0 Å². The molecule has 1 aromatic carbocycles. The van der Waals surface area contributed by atoms with E-state index in [9.17, 15) is 4.79 Å². The molecule has 2 aromatic rings. The van der Waals surface area contributed by atoms with Crippen LogP contribution >= 0.6 is 0 Å². The second kappa shape index (κ2) is 9.13. The third-order valence-corrected chi connectivity index (χ3v) is 4.19. The summed E-state index contributed by atoms with van der Waals surface area (Å²) in [5, 5.41) is 6.08. The highest BCUT2D eigenvalue weighted by Crippen LogP contribution is 2.11. The van der Waals surface area contributed by atoms with E-state index in [1.54, 1.807) is 6.20 Å². The molecular weight excluding hydrogens is 316 g/mol. The van der Waals surface area contributed by atoms with Crippen molar-refractivity contribution in [1.29, 1.82) is 0 Å². The molecule has 25 heavy (non-hydrogen) atoms. The Morgan fingerprint density at radius 3 is 2.80 bits per heavy atom. The molecule has 0 bridgehead atoms. The number of amides is 1. The number of aryl methyl sites for hydroxylation is 1. The number of carbonyl (C=O) groups is 1. The molecule has 1 fully saturated rings. The van der Waals surface area contributed by atoms with Crippen molar-refractivity contribution in [1.82, 2.24) is 15.3 Å². The average Bonchev–Trinajstić information content (AvgIpc) is 3.18. The highest BCUT2D eigenvalue weighted by molar-refractivity contribution is 5.92. The van der Waals surface area contributed by atoms with Gasteiger partial charge in [0.1, 0.15) is 11.5 Å². The Hall–Kier alpha value is -2.47. The fraction of sp³-hybridized carbons (Fsp3) is 0.421. The maximum Gasteiger partial charge on any atom is 0.271 e. The molecule has 6 nitrogen and oxygen atoms in total. The lowest BCUT2D eigenvalue weighted by atomic mass is 10.1. The van der Waals surface area contributed by atoms with Gasteiger partial charge in [-0.15, -0.1) is 0 Å². The SMILES string of the molecule is O=C(NCC1CCCO1)c1cnc(NCCCc2ccccc2)cn1. The second-order valence-electron chi connectivity index (χ2n) is 6.15. The zero-order chi connectivity index (χ0) is 17.3. The van der Waals surface area contributed by atoms with Gasteiger partial charge in [0.25, 0.3) is 5.91 Å². The monoisotopic (exact) mass is 340 g/mol. The summed E-state index contributed by atoms with van der Waals surface area (Å²) in [6, 6.07) is 10.4. The molecule has 0 radical (unpaired) electrons. The summed E-state index contributed by atoms with van der Waals surface area (Å²) < 4.78 is 5.48. The third-order valence-electron chi connectivity index (χ3n) is 4.19. The van der Waals surface area contributed by atoms with Crippen LogP contribution < -0.4 is 10.6 Å². The molecule has 1 aromatic heterocycles. The van der Waals surface area contributed by atoms with Crippen molar-refractivity contribution >= 4 is 11.7 Å². The molecule has 2 heterocycles. The van der Waals surface area contributed by atoms with Gasteiger partial charge in [-0.25, -0.2) is 9.97 Å². The summed E-state index contributed by atoms with van der Waals surface area (Å²) >= 11 is 0. The number of carbonyl (C=O) groups excluding carboxylic acids is 1. The number of aromatic nitrogens is 2. The molecule has 2 N–H and O–H groups in total. The van der Waals surface area contributed by atoms with Gasteiger partial charge in [-0.2, -0.15) is 0 Å². The van der Waals surface area contributed by atoms with Crippen molar-refractivity contribution in [2.75, 3.05) is 25.0 Å². The Morgan fingerprint density at radius 1 is 1.20 bits per heavy atom. The standard InChI is InChI=1S/C19H24N4O2/c24-19(23-12-16-9-5-11-25-16)17-13-22-18(14-21-17)20-10-4-8-15-6-2-1-3-7-15/h1-3,6-7,13-14,16H,4-5,8-12H2,(H,20,22)(H,23,24). The van der Waals surface area contributed by atoms with Crippen LogP contribution in [0.25, 0.3) is 0 Å². The molecule has 0 aliphatic carbocycles. The predicted octanol–water partition coefficient (Wildman–Crippen LogP) is 2.43. The van der Waals surface area contributed by atoms with Crippen molar-refractivity contribution < 1.29 is 9.53 Å². The van der Waals surface area contributed by atoms with Crippen molar-refractivity contribution in [3.05, 3.63) is 54.0 Å². The Labute approximate surface area is 148 Å². The summed E-state index contributed by atoms with van der Waals surface area (Å²) in [5.74, 6) is 0.474. The number of nitrogens with one attached hydrogen (secondary N) is 2. The fourth-order valence-electron chi connectivity index (χ4n) is 2.79. The number of rotatable bonds is 8. The van der Waals surface area contributed by atoms with Crippen molar-refractivity contribution in [3.8, 4) is 0 Å². The zero-order valence-corrected chi connectivity index (χ0v) is 14.3. The smallest absolute Gasteiger partial charge is 0.271 e. The molecule has 1 atom stereocenters. The van der Waals surface area contributed by atoms with Crippen LogP contribution in [-0.4, -0.2) is 41.7 Å². The van der Waals surface area contributed by atoms with E-state index < -0.39 is 0 Å². The number of ether oxygens (including phenoxy) is 1. The number of hydrogen-bond donors (Lipinski definition) is 2. The summed E-state index contributed by atoms with van der Waals surface area (Å²) in [5.41, 5.74) is 1.65. The lowest BCUT2D eigenvalue weighted by Gasteiger charge is -2.10. The van der Waals surface area contributed by atoms with Crippen LogP contribution in [0.5, 0.6) is 0 Å². The van der Waals surface area contributed by atoms with E-state index in [0.717, 1.165) is 38.8 Å². The Kier molecular flexibility index (Phi) is 6.34. The van der Waals surface area contributed by atoms with Crippen molar-refractivity contribution in [2.45, 2.75) is 31.8 Å². The first-order valence-electron chi connectivity index (χ1n) is 8.81. The Bertz CT molecular complexity index is 655. The minimum atomic E-state index is -0.210. The van der Waals surface area contributed by atoms with Crippen LogP contribution in [0, 0.1) is 0 Å². The van der Waals surface area contributed by atoms with E-state index in [1.165, 1.54) is 11.8 Å². The van der Waals surface area contributed by atoms with Gasteiger partial charge in [-0.05, 0) is 31.2 Å². The van der Waals surface area contributed by atoms with Gasteiger partial charge in [-0.1, -0.05) is 30.3 Å². The average molecular weight is 340 g/mol. The van der Waals surface area contributed by atoms with Crippen LogP contribution in [0.15, 0.2) is 42.7 Å². The molecule has 0 saturated carbocycles. The summed E-state index contributed by atoms with van der Waals surface area (Å²) in [6.45, 7) is 2.12. The molecule has 1 unspecified atom stereocenters. The maximum absolute atomic E-state index is 12.0. The van der Waals surface area contributed by atoms with Crippen LogP contribution in [0.4, 0.5) is 5.82 Å². The molecule has 1 aliphatic heterocycles. The summed E-state index contributed by atoms with van der Waals surface area (Å²) in [6.07, 6.45) is 7.32. The number of benzene rings is 1. The highest BCUT2D eigenvalue weighted by atomic mass is 16.5. The molecule has 132 valence electrons. The number of hydrogen-bond acceptors (Lipinski definition) is 5. The minimum absolute atomic E-state index is 0.127. The Balaban J connectivity index is 1.38. The fourth-order valence-corrected chi connectivity index (χ4v) is 2.79. The molecule has 1 aliphatic rings. The van der Waals surface area contributed by atoms with E-state index in [0.29, 0.717) is 18.1 Å². The quantitative estimate of drug-likeness (QED) is 0.722. The van der Waals surface area contributed by atoms with Crippen LogP contribution in [0.1, 0.15) is 35.3 Å². The molecule has 3 rings (SSSR count). The summed E-state index contributed by atoms with van der Waals surface area (Å²) in [7, 11) is 0. The van der Waals surface area contributed by atoms with E-state index in [4.69, 9.17) is 4.74 Å². The first-order valence-corrected chi connectivity index (χ1v) is 8.81. The normalized spacial score (nSPS) is 16.6. The first kappa shape index (κ1) is 17.4. The van der Waals surface area contributed by atoms with Crippen molar-refractivity contribution in [2.24, 2.45) is 0 Å². The van der Waals surface area contributed by atoms with Gasteiger partial charge in [0.2, 0.25) is 0 Å². The van der Waals surface area contributed by atoms with Gasteiger partial charge in [0, 0.05) is 19.7 Å². The number of nitrogens with zero attached hydrogens (tertiary/aromatic N) is 2. The molecule has 1 saturated heterocycles. The maximum atomic E-state index is 12.0. The number of anilines is 1. The Morgan fingerprint density at radius 2 is 2.08 bits per heavy atom.